The van der Waals surface area contributed by atoms with E-state index < -0.39 is 8.27 Å². The van der Waals surface area contributed by atoms with Crippen LogP contribution in [0.3, 0.4) is 0 Å². The van der Waals surface area contributed by atoms with Crippen molar-refractivity contribution in [2.75, 3.05) is 5.75 Å². The zero-order valence-electron chi connectivity index (χ0n) is 5.01. The van der Waals surface area contributed by atoms with Crippen molar-refractivity contribution < 1.29 is 8.42 Å². The molecule has 0 atom stereocenters. The van der Waals surface area contributed by atoms with Crippen LogP contribution in [0, 0.1) is 5.92 Å². The van der Waals surface area contributed by atoms with Gasteiger partial charge in [-0.15, -0.1) is 0 Å². The Morgan fingerprint density at radius 3 is 2.33 bits per heavy atom. The summed E-state index contributed by atoms with van der Waals surface area (Å²) in [5.74, 6) is 1.01. The van der Waals surface area contributed by atoms with E-state index in [0.29, 0.717) is 11.7 Å². The first-order valence-electron chi connectivity index (χ1n) is 3.00. The SMILES string of the molecule is O=S(=O)(Br)CCC1CC1. The number of hydrogen-bond acceptors (Lipinski definition) is 2. The van der Waals surface area contributed by atoms with E-state index in [1.165, 1.54) is 12.8 Å². The van der Waals surface area contributed by atoms with E-state index in [-0.39, 0.29) is 0 Å². The van der Waals surface area contributed by atoms with Gasteiger partial charge in [-0.3, -0.25) is 0 Å². The summed E-state index contributed by atoms with van der Waals surface area (Å²) in [6.45, 7) is 0. The van der Waals surface area contributed by atoms with Crippen LogP contribution in [0.1, 0.15) is 19.3 Å². The van der Waals surface area contributed by atoms with Crippen LogP contribution in [0.5, 0.6) is 0 Å². The summed E-state index contributed by atoms with van der Waals surface area (Å²) in [6, 6.07) is 0. The highest BCUT2D eigenvalue weighted by Gasteiger charge is 2.22. The third-order valence-electron chi connectivity index (χ3n) is 1.47. The van der Waals surface area contributed by atoms with E-state index in [1.807, 2.05) is 0 Å². The van der Waals surface area contributed by atoms with Crippen molar-refractivity contribution in [2.45, 2.75) is 19.3 Å². The van der Waals surface area contributed by atoms with Gasteiger partial charge in [0.25, 0.3) is 0 Å². The highest BCUT2D eigenvalue weighted by molar-refractivity contribution is 9.47. The molecule has 1 saturated carbocycles. The van der Waals surface area contributed by atoms with E-state index in [9.17, 15) is 8.42 Å². The maximum atomic E-state index is 10.5. The molecule has 0 amide bonds. The van der Waals surface area contributed by atoms with Crippen molar-refractivity contribution in [1.82, 2.24) is 0 Å². The van der Waals surface area contributed by atoms with Gasteiger partial charge in [0.2, 0.25) is 8.27 Å². The van der Waals surface area contributed by atoms with E-state index in [1.54, 1.807) is 0 Å². The predicted octanol–water partition coefficient (Wildman–Crippen LogP) is 1.51. The van der Waals surface area contributed by atoms with Crippen molar-refractivity contribution in [1.29, 1.82) is 0 Å². The van der Waals surface area contributed by atoms with Crippen LogP contribution in [0.25, 0.3) is 0 Å². The molecule has 1 rings (SSSR count). The Morgan fingerprint density at radius 1 is 1.44 bits per heavy atom. The minimum Gasteiger partial charge on any atom is -0.217 e. The van der Waals surface area contributed by atoms with Crippen molar-refractivity contribution in [3.63, 3.8) is 0 Å². The van der Waals surface area contributed by atoms with Gasteiger partial charge in [0, 0.05) is 0 Å². The molecule has 0 N–H and O–H groups in total. The minimum atomic E-state index is -2.87. The van der Waals surface area contributed by atoms with Crippen LogP contribution < -0.4 is 0 Å². The Labute approximate surface area is 62.8 Å². The lowest BCUT2D eigenvalue weighted by Gasteiger charge is -1.91. The molecule has 1 fully saturated rings. The molecule has 4 heteroatoms. The quantitative estimate of drug-likeness (QED) is 0.666. The summed E-state index contributed by atoms with van der Waals surface area (Å²) in [4.78, 5) is 0. The first-order chi connectivity index (χ1) is 4.08. The smallest absolute Gasteiger partial charge is 0.209 e. The maximum Gasteiger partial charge on any atom is 0.209 e. The zero-order chi connectivity index (χ0) is 6.91. The van der Waals surface area contributed by atoms with Gasteiger partial charge in [-0.1, -0.05) is 12.8 Å². The maximum absolute atomic E-state index is 10.5. The summed E-state index contributed by atoms with van der Waals surface area (Å²) >= 11 is 2.61. The molecule has 0 unspecified atom stereocenters. The Kier molecular flexibility index (Phi) is 2.16. The van der Waals surface area contributed by atoms with E-state index in [2.05, 4.69) is 14.8 Å². The standard InChI is InChI=1S/C5H9BrO2S/c6-9(7,8)4-3-5-1-2-5/h5H,1-4H2. The van der Waals surface area contributed by atoms with Crippen LogP contribution >= 0.6 is 14.8 Å². The second kappa shape index (κ2) is 2.58. The summed E-state index contributed by atoms with van der Waals surface area (Å²) in [6.07, 6.45) is 3.29. The molecule has 1 aliphatic rings. The van der Waals surface area contributed by atoms with Crippen molar-refractivity contribution in [3.8, 4) is 0 Å². The van der Waals surface area contributed by atoms with Gasteiger partial charge in [0.05, 0.1) is 20.6 Å². The molecule has 54 valence electrons. The Bertz CT molecular complexity index is 181. The minimum absolute atomic E-state index is 0.303. The Morgan fingerprint density at radius 2 is 2.00 bits per heavy atom. The van der Waals surface area contributed by atoms with Crippen LogP contribution in [0.2, 0.25) is 0 Å². The molecular weight excluding hydrogens is 204 g/mol. The monoisotopic (exact) mass is 212 g/mol. The lowest BCUT2D eigenvalue weighted by atomic mass is 10.3. The van der Waals surface area contributed by atoms with Gasteiger partial charge < -0.3 is 0 Å². The fraction of sp³-hybridized carbons (Fsp3) is 1.00. The molecule has 0 spiro atoms. The molecule has 0 radical (unpaired) electrons. The molecule has 0 aliphatic heterocycles. The molecule has 0 aromatic heterocycles. The Hall–Kier alpha value is 0.430. The largest absolute Gasteiger partial charge is 0.217 e. The molecule has 1 aliphatic carbocycles. The normalized spacial score (nSPS) is 20.1. The third kappa shape index (κ3) is 3.92. The van der Waals surface area contributed by atoms with Gasteiger partial charge >= 0.3 is 0 Å². The molecule has 0 aromatic carbocycles. The van der Waals surface area contributed by atoms with Gasteiger partial charge in [-0.2, -0.15) is 0 Å². The first-order valence-corrected chi connectivity index (χ1v) is 6.50. The topological polar surface area (TPSA) is 34.1 Å². The van der Waals surface area contributed by atoms with Gasteiger partial charge in [-0.05, 0) is 12.3 Å². The summed E-state index contributed by atoms with van der Waals surface area (Å²) in [5, 5.41) is 0. The van der Waals surface area contributed by atoms with Crippen LogP contribution in [-0.2, 0) is 8.27 Å². The molecule has 0 heterocycles. The molecule has 0 bridgehead atoms. The van der Waals surface area contributed by atoms with Crippen LogP contribution in [-0.4, -0.2) is 14.2 Å². The second-order valence-electron chi connectivity index (χ2n) is 2.48. The average Bonchev–Trinajstić information content (AvgIpc) is 2.38. The zero-order valence-corrected chi connectivity index (χ0v) is 7.41. The summed E-state index contributed by atoms with van der Waals surface area (Å²) < 4.78 is 21.0. The van der Waals surface area contributed by atoms with Crippen LogP contribution in [0.15, 0.2) is 0 Å². The number of hydrogen-bond donors (Lipinski definition) is 0. The highest BCUT2D eigenvalue weighted by atomic mass is 79.9. The van der Waals surface area contributed by atoms with Crippen molar-refractivity contribution in [2.24, 2.45) is 5.92 Å². The Balaban J connectivity index is 2.18. The average molecular weight is 213 g/mol. The van der Waals surface area contributed by atoms with Crippen molar-refractivity contribution in [3.05, 3.63) is 0 Å². The van der Waals surface area contributed by atoms with Gasteiger partial charge in [0.15, 0.2) is 0 Å². The van der Waals surface area contributed by atoms with Gasteiger partial charge in [0.1, 0.15) is 0 Å². The fourth-order valence-electron chi connectivity index (χ4n) is 0.714. The molecule has 0 aromatic rings. The summed E-state index contributed by atoms with van der Waals surface area (Å²) in [5.41, 5.74) is 0. The van der Waals surface area contributed by atoms with Gasteiger partial charge in [-0.25, -0.2) is 8.42 Å². The molecular formula is C5H9BrO2S. The van der Waals surface area contributed by atoms with E-state index in [4.69, 9.17) is 0 Å². The highest BCUT2D eigenvalue weighted by Crippen LogP contribution is 2.32. The second-order valence-corrected chi connectivity index (χ2v) is 6.92. The number of rotatable bonds is 3. The fourth-order valence-corrected chi connectivity index (χ4v) is 1.89. The first kappa shape index (κ1) is 7.54. The summed E-state index contributed by atoms with van der Waals surface area (Å²) in [7, 11) is -2.87. The van der Waals surface area contributed by atoms with Crippen LogP contribution in [0.4, 0.5) is 0 Å². The van der Waals surface area contributed by atoms with E-state index in [0.717, 1.165) is 6.42 Å². The lowest BCUT2D eigenvalue weighted by Crippen LogP contribution is -1.96. The molecule has 2 nitrogen and oxygen atoms in total. The van der Waals surface area contributed by atoms with Crippen molar-refractivity contribution >= 4 is 23.1 Å². The lowest BCUT2D eigenvalue weighted by molar-refractivity contribution is 0.606. The number of halogens is 1. The predicted molar refractivity (Wildman–Crippen MR) is 40.1 cm³/mol. The van der Waals surface area contributed by atoms with E-state index >= 15 is 0 Å². The molecule has 0 saturated heterocycles. The third-order valence-corrected chi connectivity index (χ3v) is 3.16. The molecule has 9 heavy (non-hydrogen) atoms.